The second kappa shape index (κ2) is 7.54. The molecule has 0 aromatic heterocycles. The van der Waals surface area contributed by atoms with Crippen LogP contribution in [0.5, 0.6) is 17.2 Å². The molecule has 26 heavy (non-hydrogen) atoms. The number of nitrogens with one attached hydrogen (secondary N) is 1. The molecule has 0 amide bonds. The quantitative estimate of drug-likeness (QED) is 0.649. The van der Waals surface area contributed by atoms with Gasteiger partial charge in [0, 0.05) is 6.07 Å². The number of hydrogen-bond acceptors (Lipinski definition) is 6. The smallest absolute Gasteiger partial charge is 0.509 e. The van der Waals surface area contributed by atoms with Gasteiger partial charge >= 0.3 is 13.5 Å². The predicted molar refractivity (Wildman–Crippen MR) is 85.0 cm³/mol. The lowest BCUT2D eigenvalue weighted by Crippen LogP contribution is -2.22. The molecule has 0 saturated carbocycles. The molecule has 0 unspecified atom stereocenters. The summed E-state index contributed by atoms with van der Waals surface area (Å²) >= 11 is 0. The Hall–Kier alpha value is -2.28. The second-order valence-electron chi connectivity index (χ2n) is 4.89. The van der Waals surface area contributed by atoms with Crippen LogP contribution in [-0.4, -0.2) is 32.8 Å². The average molecular weight is 391 g/mol. The number of sulfonamides is 1. The third-order valence-corrected chi connectivity index (χ3v) is 4.53. The van der Waals surface area contributed by atoms with E-state index in [2.05, 4.69) is 9.38 Å². The first-order valence-electron chi connectivity index (χ1n) is 6.98. The maximum absolute atomic E-state index is 12.8. The van der Waals surface area contributed by atoms with Crippen LogP contribution in [0.15, 0.2) is 47.4 Å². The summed E-state index contributed by atoms with van der Waals surface area (Å²) < 4.78 is 73.9. The van der Waals surface area contributed by atoms with Crippen LogP contribution in [0.1, 0.15) is 5.56 Å². The van der Waals surface area contributed by atoms with E-state index < -0.39 is 34.8 Å². The van der Waals surface area contributed by atoms with Gasteiger partial charge in [0.05, 0.1) is 10.5 Å². The van der Waals surface area contributed by atoms with Gasteiger partial charge < -0.3 is 19.4 Å². The fourth-order valence-electron chi connectivity index (χ4n) is 1.93. The summed E-state index contributed by atoms with van der Waals surface area (Å²) in [6.45, 7) is 0. The van der Waals surface area contributed by atoms with E-state index in [1.165, 1.54) is 13.1 Å². The molecule has 140 valence electrons. The fraction of sp³-hybridized carbons (Fsp3) is 0.143. The number of ether oxygens (including phenoxy) is 1. The first-order chi connectivity index (χ1) is 12.0. The van der Waals surface area contributed by atoms with E-state index in [4.69, 9.17) is 14.8 Å². The van der Waals surface area contributed by atoms with E-state index in [0.717, 1.165) is 36.4 Å². The average Bonchev–Trinajstić information content (AvgIpc) is 2.55. The normalized spacial score (nSPS) is 11.9. The van der Waals surface area contributed by atoms with E-state index in [1.54, 1.807) is 0 Å². The summed E-state index contributed by atoms with van der Waals surface area (Å²) in [6.07, 6.45) is -4.58. The van der Waals surface area contributed by atoms with Crippen LogP contribution in [-0.2, 0) is 16.2 Å². The highest BCUT2D eigenvalue weighted by Gasteiger charge is 2.30. The van der Waals surface area contributed by atoms with Crippen molar-refractivity contribution < 1.29 is 41.0 Å². The summed E-state index contributed by atoms with van der Waals surface area (Å²) in [6, 6.07) is 7.12. The molecule has 0 aliphatic rings. The van der Waals surface area contributed by atoms with Crippen molar-refractivity contribution in [2.24, 2.45) is 0 Å². The molecule has 12 heteroatoms. The summed E-state index contributed by atoms with van der Waals surface area (Å²) in [5, 5.41) is 17.9. The lowest BCUT2D eigenvalue weighted by atomic mass is 10.2. The van der Waals surface area contributed by atoms with Crippen LogP contribution >= 0.6 is 0 Å². The molecule has 0 aliphatic heterocycles. The second-order valence-corrected chi connectivity index (χ2v) is 6.77. The van der Waals surface area contributed by atoms with Crippen molar-refractivity contribution in [1.29, 1.82) is 0 Å². The number of alkyl halides is 3. The predicted octanol–water partition coefficient (Wildman–Crippen LogP) is 1.75. The van der Waals surface area contributed by atoms with Crippen molar-refractivity contribution in [2.45, 2.75) is 11.1 Å². The van der Waals surface area contributed by atoms with Gasteiger partial charge in [-0.2, -0.15) is 13.2 Å². The molecular weight excluding hydrogens is 378 g/mol. The highest BCUT2D eigenvalue weighted by molar-refractivity contribution is 7.89. The van der Waals surface area contributed by atoms with Crippen LogP contribution < -0.4 is 14.1 Å². The number of halogens is 3. The Labute approximate surface area is 147 Å². The number of hydrogen-bond donors (Lipinski definition) is 3. The Kier molecular flexibility index (Phi) is 5.81. The molecule has 2 rings (SSSR count). The third-order valence-electron chi connectivity index (χ3n) is 3.12. The van der Waals surface area contributed by atoms with Crippen molar-refractivity contribution in [2.75, 3.05) is 7.05 Å². The number of rotatable bonds is 6. The van der Waals surface area contributed by atoms with Crippen LogP contribution in [0.4, 0.5) is 13.2 Å². The zero-order chi connectivity index (χ0) is 19.5. The standard InChI is InChI=1S/C14H13BF3NO6S/c1-19-26(22,23)11-5-6-12(13(8-11)25-15(20)21)24-10-4-2-3-9(7-10)14(16,17)18/h2-8,19-21H,1H3. The lowest BCUT2D eigenvalue weighted by Gasteiger charge is -2.15. The van der Waals surface area contributed by atoms with Crippen molar-refractivity contribution in [1.82, 2.24) is 4.72 Å². The molecule has 0 saturated heterocycles. The van der Waals surface area contributed by atoms with Crippen molar-refractivity contribution >= 4 is 17.3 Å². The Morgan fingerprint density at radius 2 is 1.77 bits per heavy atom. The van der Waals surface area contributed by atoms with Crippen molar-refractivity contribution in [3.8, 4) is 17.2 Å². The molecule has 2 aromatic rings. The molecule has 2 aromatic carbocycles. The van der Waals surface area contributed by atoms with E-state index in [-0.39, 0.29) is 16.4 Å². The van der Waals surface area contributed by atoms with E-state index in [0.29, 0.717) is 0 Å². The topological polar surface area (TPSA) is 105 Å². The van der Waals surface area contributed by atoms with Gasteiger partial charge in [0.25, 0.3) is 0 Å². The van der Waals surface area contributed by atoms with E-state index >= 15 is 0 Å². The highest BCUT2D eigenvalue weighted by Crippen LogP contribution is 2.36. The SMILES string of the molecule is CNS(=O)(=O)c1ccc(Oc2cccc(C(F)(F)F)c2)c(OB(O)O)c1. The molecule has 0 fully saturated rings. The summed E-state index contributed by atoms with van der Waals surface area (Å²) in [7, 11) is -5.00. The molecular formula is C14H13BF3NO6S. The molecule has 7 nitrogen and oxygen atoms in total. The number of benzene rings is 2. The summed E-state index contributed by atoms with van der Waals surface area (Å²) in [5.41, 5.74) is -0.950. The van der Waals surface area contributed by atoms with E-state index in [9.17, 15) is 21.6 Å². The molecule has 3 N–H and O–H groups in total. The Balaban J connectivity index is 2.43. The van der Waals surface area contributed by atoms with Gasteiger partial charge in [0.1, 0.15) is 11.5 Å². The minimum Gasteiger partial charge on any atom is -0.509 e. The molecule has 0 aliphatic carbocycles. The maximum Gasteiger partial charge on any atom is 0.707 e. The summed E-state index contributed by atoms with van der Waals surface area (Å²) in [4.78, 5) is -0.271. The zero-order valence-electron chi connectivity index (χ0n) is 13.2. The van der Waals surface area contributed by atoms with Crippen molar-refractivity contribution in [3.63, 3.8) is 0 Å². The zero-order valence-corrected chi connectivity index (χ0v) is 14.0. The summed E-state index contributed by atoms with van der Waals surface area (Å²) in [5.74, 6) is -0.817. The van der Waals surface area contributed by atoms with Crippen LogP contribution in [0.2, 0.25) is 0 Å². The van der Waals surface area contributed by atoms with Crippen LogP contribution in [0.3, 0.4) is 0 Å². The molecule has 0 radical (unpaired) electrons. The monoisotopic (exact) mass is 391 g/mol. The molecule has 0 bridgehead atoms. The van der Waals surface area contributed by atoms with E-state index in [1.807, 2.05) is 0 Å². The first-order valence-corrected chi connectivity index (χ1v) is 8.47. The van der Waals surface area contributed by atoms with Crippen molar-refractivity contribution in [3.05, 3.63) is 48.0 Å². The lowest BCUT2D eigenvalue weighted by molar-refractivity contribution is -0.137. The Morgan fingerprint density at radius 3 is 2.35 bits per heavy atom. The fourth-order valence-corrected chi connectivity index (χ4v) is 2.67. The van der Waals surface area contributed by atoms with Gasteiger partial charge in [0.15, 0.2) is 5.75 Å². The highest BCUT2D eigenvalue weighted by atomic mass is 32.2. The maximum atomic E-state index is 12.8. The third kappa shape index (κ3) is 4.88. The van der Waals surface area contributed by atoms with Gasteiger partial charge in [-0.05, 0) is 37.4 Å². The minimum atomic E-state index is -4.58. The molecule has 0 spiro atoms. The Morgan fingerprint density at radius 1 is 1.08 bits per heavy atom. The van der Waals surface area contributed by atoms with Gasteiger partial charge in [-0.3, -0.25) is 0 Å². The molecule has 0 atom stereocenters. The van der Waals surface area contributed by atoms with Crippen LogP contribution in [0, 0.1) is 0 Å². The molecule has 0 heterocycles. The van der Waals surface area contributed by atoms with Crippen LogP contribution in [0.25, 0.3) is 0 Å². The van der Waals surface area contributed by atoms with Gasteiger partial charge in [-0.15, -0.1) is 0 Å². The largest absolute Gasteiger partial charge is 0.707 e. The first kappa shape index (κ1) is 20.0. The van der Waals surface area contributed by atoms with Gasteiger partial charge in [0.2, 0.25) is 10.0 Å². The Bertz CT molecular complexity index is 888. The van der Waals surface area contributed by atoms with Gasteiger partial charge in [-0.25, -0.2) is 13.1 Å². The van der Waals surface area contributed by atoms with Gasteiger partial charge in [-0.1, -0.05) is 6.07 Å². The minimum absolute atomic E-state index is 0.207.